The fourth-order valence-corrected chi connectivity index (χ4v) is 5.16. The van der Waals surface area contributed by atoms with Crippen LogP contribution in [-0.4, -0.2) is 80.7 Å². The van der Waals surface area contributed by atoms with E-state index in [9.17, 15) is 24.0 Å². The van der Waals surface area contributed by atoms with Gasteiger partial charge in [-0.15, -0.1) is 10.2 Å². The molecular formula is C33H49N7O6. The zero-order chi connectivity index (χ0) is 34.0. The van der Waals surface area contributed by atoms with Gasteiger partial charge < -0.3 is 25.3 Å². The van der Waals surface area contributed by atoms with Crippen LogP contribution < -0.4 is 16.0 Å². The SMILES string of the molecule is CC(C)C(NC(=O)C1CCCN1C(=O)C(NC(=O)CCCCCNC(=O)c1ccccn1)C(C)C)C(=O)c1nnc(C(C)(C)C)o1. The van der Waals surface area contributed by atoms with Crippen LogP contribution in [0.1, 0.15) is 114 Å². The van der Waals surface area contributed by atoms with E-state index >= 15 is 0 Å². The van der Waals surface area contributed by atoms with Crippen molar-refractivity contribution in [3.63, 3.8) is 0 Å². The highest BCUT2D eigenvalue weighted by Gasteiger charge is 2.40. The first kappa shape index (κ1) is 36.3. The average molecular weight is 640 g/mol. The van der Waals surface area contributed by atoms with Gasteiger partial charge in [-0.1, -0.05) is 61.0 Å². The van der Waals surface area contributed by atoms with Gasteiger partial charge >= 0.3 is 0 Å². The van der Waals surface area contributed by atoms with E-state index in [0.29, 0.717) is 50.4 Å². The van der Waals surface area contributed by atoms with E-state index < -0.39 is 35.2 Å². The molecule has 3 unspecified atom stereocenters. The summed E-state index contributed by atoms with van der Waals surface area (Å²) in [5.41, 5.74) is -0.0784. The molecule has 13 heteroatoms. The normalized spacial score (nSPS) is 16.3. The fourth-order valence-electron chi connectivity index (χ4n) is 5.16. The Bertz CT molecular complexity index is 1350. The minimum atomic E-state index is -0.915. The van der Waals surface area contributed by atoms with Gasteiger partial charge in [0, 0.05) is 31.1 Å². The maximum Gasteiger partial charge on any atom is 0.286 e. The predicted octanol–water partition coefficient (Wildman–Crippen LogP) is 3.21. The lowest BCUT2D eigenvalue weighted by atomic mass is 9.97. The van der Waals surface area contributed by atoms with E-state index in [1.165, 1.54) is 4.90 Å². The molecule has 3 atom stereocenters. The van der Waals surface area contributed by atoms with Crippen LogP contribution in [0.4, 0.5) is 0 Å². The molecule has 1 fully saturated rings. The van der Waals surface area contributed by atoms with Crippen LogP contribution >= 0.6 is 0 Å². The standard InChI is InChI=1S/C33H49N7O6/c1-20(2)25(27(42)30-38-39-32(46-30)33(5,6)7)37-29(44)23-15-13-19-40(23)31(45)26(21(3)4)36-24(41)16-9-8-11-18-35-28(43)22-14-10-12-17-34-22/h10,12,14,17,20-21,23,25-26H,8-9,11,13,15-16,18-19H2,1-7H3,(H,35,43)(H,36,41)(H,37,44). The lowest BCUT2D eigenvalue weighted by Crippen LogP contribution is -2.57. The number of pyridine rings is 1. The highest BCUT2D eigenvalue weighted by Crippen LogP contribution is 2.23. The molecule has 0 aromatic carbocycles. The van der Waals surface area contributed by atoms with Gasteiger partial charge in [-0.05, 0) is 49.7 Å². The Balaban J connectivity index is 1.52. The van der Waals surface area contributed by atoms with E-state index in [1.807, 2.05) is 48.5 Å². The van der Waals surface area contributed by atoms with E-state index in [1.54, 1.807) is 24.4 Å². The quantitative estimate of drug-likeness (QED) is 0.195. The van der Waals surface area contributed by atoms with Gasteiger partial charge in [-0.2, -0.15) is 0 Å². The number of nitrogens with zero attached hydrogens (tertiary/aromatic N) is 4. The number of rotatable bonds is 15. The summed E-state index contributed by atoms with van der Waals surface area (Å²) >= 11 is 0. The number of carbonyl (C=O) groups is 5. The van der Waals surface area contributed by atoms with Crippen molar-refractivity contribution in [1.82, 2.24) is 36.0 Å². The van der Waals surface area contributed by atoms with Crippen molar-refractivity contribution < 1.29 is 28.4 Å². The first-order valence-electron chi connectivity index (χ1n) is 16.2. The molecule has 3 heterocycles. The number of likely N-dealkylation sites (tertiary alicyclic amines) is 1. The van der Waals surface area contributed by atoms with Gasteiger partial charge in [0.15, 0.2) is 0 Å². The predicted molar refractivity (Wildman–Crippen MR) is 171 cm³/mol. The maximum atomic E-state index is 13.7. The van der Waals surface area contributed by atoms with Crippen LogP contribution in [0.25, 0.3) is 0 Å². The number of hydrogen-bond donors (Lipinski definition) is 3. The molecule has 3 N–H and O–H groups in total. The third kappa shape index (κ3) is 9.92. The van der Waals surface area contributed by atoms with Crippen molar-refractivity contribution in [1.29, 1.82) is 0 Å². The summed E-state index contributed by atoms with van der Waals surface area (Å²) in [5, 5.41) is 16.4. The lowest BCUT2D eigenvalue weighted by Gasteiger charge is -2.31. The first-order chi connectivity index (χ1) is 21.7. The van der Waals surface area contributed by atoms with Crippen molar-refractivity contribution >= 4 is 29.4 Å². The number of nitrogens with one attached hydrogen (secondary N) is 3. The van der Waals surface area contributed by atoms with Crippen LogP contribution in [-0.2, 0) is 19.8 Å². The molecule has 0 bridgehead atoms. The van der Waals surface area contributed by atoms with Crippen molar-refractivity contribution in [3.8, 4) is 0 Å². The summed E-state index contributed by atoms with van der Waals surface area (Å²) < 4.78 is 5.63. The Morgan fingerprint density at radius 1 is 0.957 bits per heavy atom. The summed E-state index contributed by atoms with van der Waals surface area (Å²) in [5.74, 6) is -2.04. The third-order valence-corrected chi connectivity index (χ3v) is 7.88. The average Bonchev–Trinajstić information content (AvgIpc) is 3.71. The smallest absolute Gasteiger partial charge is 0.286 e. The number of ketones is 1. The molecular weight excluding hydrogens is 590 g/mol. The summed E-state index contributed by atoms with van der Waals surface area (Å²) in [6.45, 7) is 13.8. The number of unbranched alkanes of at least 4 members (excludes halogenated alkanes) is 2. The molecule has 1 aliphatic rings. The molecule has 2 aromatic rings. The van der Waals surface area contributed by atoms with Gasteiger partial charge in [0.1, 0.15) is 17.8 Å². The van der Waals surface area contributed by atoms with E-state index in [2.05, 4.69) is 31.1 Å². The molecule has 2 aromatic heterocycles. The second kappa shape index (κ2) is 16.4. The van der Waals surface area contributed by atoms with Gasteiger partial charge in [-0.25, -0.2) is 0 Å². The topological polar surface area (TPSA) is 176 Å². The molecule has 1 aliphatic heterocycles. The molecule has 4 amide bonds. The summed E-state index contributed by atoms with van der Waals surface area (Å²) in [4.78, 5) is 70.9. The Morgan fingerprint density at radius 2 is 1.67 bits per heavy atom. The van der Waals surface area contributed by atoms with Crippen molar-refractivity contribution in [2.75, 3.05) is 13.1 Å². The molecule has 46 heavy (non-hydrogen) atoms. The van der Waals surface area contributed by atoms with E-state index in [-0.39, 0.29) is 41.9 Å². The largest absolute Gasteiger partial charge is 0.418 e. The van der Waals surface area contributed by atoms with Gasteiger partial charge in [-0.3, -0.25) is 29.0 Å². The van der Waals surface area contributed by atoms with Gasteiger partial charge in [0.05, 0.1) is 6.04 Å². The van der Waals surface area contributed by atoms with Crippen LogP contribution in [0.3, 0.4) is 0 Å². The van der Waals surface area contributed by atoms with E-state index in [4.69, 9.17) is 4.42 Å². The molecule has 0 saturated carbocycles. The van der Waals surface area contributed by atoms with Crippen LogP contribution in [0.15, 0.2) is 28.8 Å². The summed E-state index contributed by atoms with van der Waals surface area (Å²) in [6.07, 6.45) is 4.89. The monoisotopic (exact) mass is 639 g/mol. The number of hydrogen-bond acceptors (Lipinski definition) is 9. The molecule has 3 rings (SSSR count). The number of carbonyl (C=O) groups excluding carboxylic acids is 5. The van der Waals surface area contributed by atoms with Gasteiger partial charge in [0.25, 0.3) is 11.8 Å². The van der Waals surface area contributed by atoms with Crippen LogP contribution in [0.5, 0.6) is 0 Å². The van der Waals surface area contributed by atoms with Gasteiger partial charge in [0.2, 0.25) is 29.4 Å². The molecule has 0 spiro atoms. The van der Waals surface area contributed by atoms with Crippen LogP contribution in [0.2, 0.25) is 0 Å². The van der Waals surface area contributed by atoms with Crippen molar-refractivity contribution in [2.24, 2.45) is 11.8 Å². The maximum absolute atomic E-state index is 13.7. The van der Waals surface area contributed by atoms with Crippen molar-refractivity contribution in [3.05, 3.63) is 41.9 Å². The summed E-state index contributed by atoms with van der Waals surface area (Å²) in [7, 11) is 0. The van der Waals surface area contributed by atoms with Crippen LogP contribution in [0, 0.1) is 11.8 Å². The second-order valence-electron chi connectivity index (χ2n) is 13.5. The number of Topliss-reactive ketones (excluding diaryl/α,β-unsaturated/α-hetero) is 1. The van der Waals surface area contributed by atoms with E-state index in [0.717, 1.165) is 6.42 Å². The Morgan fingerprint density at radius 3 is 2.28 bits per heavy atom. The minimum Gasteiger partial charge on any atom is -0.418 e. The molecule has 0 radical (unpaired) electrons. The fraction of sp³-hybridized carbons (Fsp3) is 0.636. The Labute approximate surface area is 271 Å². The highest BCUT2D eigenvalue weighted by atomic mass is 16.4. The Kier molecular flexibility index (Phi) is 13.0. The molecule has 13 nitrogen and oxygen atoms in total. The molecule has 252 valence electrons. The number of amides is 4. The first-order valence-corrected chi connectivity index (χ1v) is 16.2. The summed E-state index contributed by atoms with van der Waals surface area (Å²) in [6, 6.07) is 2.66. The zero-order valence-corrected chi connectivity index (χ0v) is 28.1. The lowest BCUT2D eigenvalue weighted by molar-refractivity contribution is -0.142. The molecule has 1 saturated heterocycles. The zero-order valence-electron chi connectivity index (χ0n) is 28.1. The third-order valence-electron chi connectivity index (χ3n) is 7.88. The minimum absolute atomic E-state index is 0.167. The Hall–Kier alpha value is -4.16. The van der Waals surface area contributed by atoms with Crippen molar-refractivity contribution in [2.45, 2.75) is 111 Å². The highest BCUT2D eigenvalue weighted by molar-refractivity contribution is 6.00. The number of aromatic nitrogens is 3. The second-order valence-corrected chi connectivity index (χ2v) is 13.5. The molecule has 0 aliphatic carbocycles.